The Bertz CT molecular complexity index is 542. The molecule has 0 aliphatic carbocycles. The van der Waals surface area contributed by atoms with Crippen LogP contribution in [0.1, 0.15) is 17.4 Å². The Balaban J connectivity index is 2.22. The van der Waals surface area contributed by atoms with Crippen molar-refractivity contribution < 1.29 is 8.81 Å². The highest BCUT2D eigenvalue weighted by Gasteiger charge is 2.16. The maximum absolute atomic E-state index is 13.7. The van der Waals surface area contributed by atoms with Crippen molar-refractivity contribution in [1.29, 1.82) is 0 Å². The molecule has 1 aromatic carbocycles. The molecule has 2 nitrogen and oxygen atoms in total. The summed E-state index contributed by atoms with van der Waals surface area (Å²) in [6.07, 6.45) is 0.529. The summed E-state index contributed by atoms with van der Waals surface area (Å²) in [7, 11) is 1.83. The lowest BCUT2D eigenvalue weighted by atomic mass is 10.0. The van der Waals surface area contributed by atoms with Crippen LogP contribution in [0.5, 0.6) is 0 Å². The highest BCUT2D eigenvalue weighted by molar-refractivity contribution is 9.10. The summed E-state index contributed by atoms with van der Waals surface area (Å²) in [4.78, 5) is 0. The highest BCUT2D eigenvalue weighted by atomic mass is 79.9. The molecule has 96 valence electrons. The molecule has 0 saturated carbocycles. The minimum atomic E-state index is -0.205. The van der Waals surface area contributed by atoms with Crippen molar-refractivity contribution in [3.05, 3.63) is 56.6 Å². The van der Waals surface area contributed by atoms with Crippen LogP contribution in [0.15, 0.2) is 43.9 Å². The maximum Gasteiger partial charge on any atom is 0.169 e. The summed E-state index contributed by atoms with van der Waals surface area (Å²) in [6, 6.07) is 8.59. The molecule has 1 atom stereocenters. The second-order valence-electron chi connectivity index (χ2n) is 3.92. The van der Waals surface area contributed by atoms with E-state index in [2.05, 4.69) is 37.2 Å². The van der Waals surface area contributed by atoms with Gasteiger partial charge in [0.15, 0.2) is 4.67 Å². The second-order valence-corrected chi connectivity index (χ2v) is 5.62. The smallest absolute Gasteiger partial charge is 0.169 e. The minimum Gasteiger partial charge on any atom is -0.453 e. The normalized spacial score (nSPS) is 12.7. The number of rotatable bonds is 4. The van der Waals surface area contributed by atoms with Gasteiger partial charge in [0, 0.05) is 4.47 Å². The largest absolute Gasteiger partial charge is 0.453 e. The van der Waals surface area contributed by atoms with Gasteiger partial charge in [-0.3, -0.25) is 0 Å². The summed E-state index contributed by atoms with van der Waals surface area (Å²) >= 11 is 6.62. The van der Waals surface area contributed by atoms with E-state index in [0.29, 0.717) is 16.7 Å². The van der Waals surface area contributed by atoms with Crippen LogP contribution >= 0.6 is 31.9 Å². The molecule has 0 bridgehead atoms. The topological polar surface area (TPSA) is 25.2 Å². The van der Waals surface area contributed by atoms with Gasteiger partial charge in [-0.1, -0.05) is 15.9 Å². The zero-order chi connectivity index (χ0) is 13.1. The molecule has 1 aromatic heterocycles. The Hall–Kier alpha value is -0.650. The lowest BCUT2D eigenvalue weighted by Crippen LogP contribution is -2.18. The molecule has 0 spiro atoms. The third kappa shape index (κ3) is 3.22. The van der Waals surface area contributed by atoms with Crippen LogP contribution in [0, 0.1) is 5.82 Å². The zero-order valence-corrected chi connectivity index (χ0v) is 12.9. The molecule has 0 aliphatic rings. The monoisotopic (exact) mass is 375 g/mol. The maximum atomic E-state index is 13.7. The average molecular weight is 377 g/mol. The number of benzene rings is 1. The molecule has 1 N–H and O–H groups in total. The van der Waals surface area contributed by atoms with Crippen molar-refractivity contribution in [3.63, 3.8) is 0 Å². The second kappa shape index (κ2) is 5.99. The lowest BCUT2D eigenvalue weighted by molar-refractivity contribution is 0.413. The van der Waals surface area contributed by atoms with Crippen LogP contribution < -0.4 is 5.32 Å². The van der Waals surface area contributed by atoms with Gasteiger partial charge >= 0.3 is 0 Å². The van der Waals surface area contributed by atoms with Gasteiger partial charge in [0.1, 0.15) is 11.6 Å². The Morgan fingerprint density at radius 2 is 2.06 bits per heavy atom. The number of halogens is 3. The van der Waals surface area contributed by atoms with Crippen LogP contribution in [-0.4, -0.2) is 7.05 Å². The van der Waals surface area contributed by atoms with Crippen LogP contribution in [0.4, 0.5) is 4.39 Å². The summed E-state index contributed by atoms with van der Waals surface area (Å²) in [5, 5.41) is 3.13. The molecule has 0 saturated heterocycles. The Labute approximate surface area is 122 Å². The zero-order valence-electron chi connectivity index (χ0n) is 9.71. The van der Waals surface area contributed by atoms with E-state index in [-0.39, 0.29) is 11.9 Å². The Morgan fingerprint density at radius 3 is 2.67 bits per heavy atom. The third-order valence-electron chi connectivity index (χ3n) is 2.72. The summed E-state index contributed by atoms with van der Waals surface area (Å²) in [5.74, 6) is 0.577. The van der Waals surface area contributed by atoms with Gasteiger partial charge < -0.3 is 9.73 Å². The molecule has 1 heterocycles. The molecule has 2 aromatic rings. The van der Waals surface area contributed by atoms with Crippen molar-refractivity contribution >= 4 is 31.9 Å². The van der Waals surface area contributed by atoms with Gasteiger partial charge in [0.05, 0.1) is 6.04 Å². The van der Waals surface area contributed by atoms with Crippen LogP contribution in [0.3, 0.4) is 0 Å². The van der Waals surface area contributed by atoms with E-state index in [1.807, 2.05) is 19.2 Å². The van der Waals surface area contributed by atoms with Gasteiger partial charge in [-0.25, -0.2) is 4.39 Å². The number of furan rings is 1. The molecule has 0 fully saturated rings. The predicted molar refractivity (Wildman–Crippen MR) is 76.0 cm³/mol. The first-order valence-electron chi connectivity index (χ1n) is 5.46. The Kier molecular flexibility index (Phi) is 4.59. The molecule has 0 amide bonds. The summed E-state index contributed by atoms with van der Waals surface area (Å²) < 4.78 is 20.7. The SMILES string of the molecule is CNC(Cc1cc(Br)ccc1F)c1ccc(Br)o1. The predicted octanol–water partition coefficient (Wildman–Crippen LogP) is 4.45. The quantitative estimate of drug-likeness (QED) is 0.852. The molecule has 2 rings (SSSR count). The van der Waals surface area contributed by atoms with Crippen molar-refractivity contribution in [2.45, 2.75) is 12.5 Å². The van der Waals surface area contributed by atoms with E-state index in [1.165, 1.54) is 6.07 Å². The van der Waals surface area contributed by atoms with Gasteiger partial charge in [-0.15, -0.1) is 0 Å². The molecular weight excluding hydrogens is 365 g/mol. The number of nitrogens with one attached hydrogen (secondary N) is 1. The minimum absolute atomic E-state index is 0.0555. The van der Waals surface area contributed by atoms with Crippen LogP contribution in [0.2, 0.25) is 0 Å². The molecule has 0 aliphatic heterocycles. The van der Waals surface area contributed by atoms with E-state index < -0.39 is 0 Å². The van der Waals surface area contributed by atoms with Gasteiger partial charge in [0.25, 0.3) is 0 Å². The number of hydrogen-bond donors (Lipinski definition) is 1. The molecule has 5 heteroatoms. The lowest BCUT2D eigenvalue weighted by Gasteiger charge is -2.14. The van der Waals surface area contributed by atoms with E-state index in [4.69, 9.17) is 4.42 Å². The first kappa shape index (κ1) is 13.8. The fourth-order valence-corrected chi connectivity index (χ4v) is 2.51. The fourth-order valence-electron chi connectivity index (χ4n) is 1.78. The van der Waals surface area contributed by atoms with Crippen LogP contribution in [0.25, 0.3) is 0 Å². The van der Waals surface area contributed by atoms with Crippen LogP contribution in [-0.2, 0) is 6.42 Å². The highest BCUT2D eigenvalue weighted by Crippen LogP contribution is 2.25. The van der Waals surface area contributed by atoms with Crippen molar-refractivity contribution in [3.8, 4) is 0 Å². The van der Waals surface area contributed by atoms with E-state index in [1.54, 1.807) is 12.1 Å². The van der Waals surface area contributed by atoms with E-state index in [0.717, 1.165) is 10.2 Å². The third-order valence-corrected chi connectivity index (χ3v) is 3.64. The van der Waals surface area contributed by atoms with Gasteiger partial charge in [-0.05, 0) is 65.3 Å². The summed E-state index contributed by atoms with van der Waals surface area (Å²) in [6.45, 7) is 0. The summed E-state index contributed by atoms with van der Waals surface area (Å²) in [5.41, 5.74) is 0.649. The van der Waals surface area contributed by atoms with Crippen molar-refractivity contribution in [2.75, 3.05) is 7.05 Å². The van der Waals surface area contributed by atoms with Crippen molar-refractivity contribution in [2.24, 2.45) is 0 Å². The van der Waals surface area contributed by atoms with E-state index in [9.17, 15) is 4.39 Å². The first-order valence-corrected chi connectivity index (χ1v) is 7.05. The number of likely N-dealkylation sites (N-methyl/N-ethyl adjacent to an activating group) is 1. The molecular formula is C13H12Br2FNO. The standard InChI is InChI=1S/C13H12Br2FNO/c1-17-11(12-4-5-13(15)18-12)7-8-6-9(14)2-3-10(8)16/h2-6,11,17H,7H2,1H3. The molecule has 18 heavy (non-hydrogen) atoms. The average Bonchev–Trinajstić information content (AvgIpc) is 2.77. The fraction of sp³-hybridized carbons (Fsp3) is 0.231. The first-order chi connectivity index (χ1) is 8.60. The van der Waals surface area contributed by atoms with Gasteiger partial charge in [-0.2, -0.15) is 0 Å². The number of hydrogen-bond acceptors (Lipinski definition) is 2. The molecule has 0 radical (unpaired) electrons. The molecule has 1 unspecified atom stereocenters. The Morgan fingerprint density at radius 1 is 1.28 bits per heavy atom. The van der Waals surface area contributed by atoms with Crippen molar-refractivity contribution in [1.82, 2.24) is 5.32 Å². The van der Waals surface area contributed by atoms with E-state index >= 15 is 0 Å². The van der Waals surface area contributed by atoms with Gasteiger partial charge in [0.2, 0.25) is 0 Å².